The van der Waals surface area contributed by atoms with E-state index >= 15 is 0 Å². The fourth-order valence-corrected chi connectivity index (χ4v) is 1.59. The van der Waals surface area contributed by atoms with Gasteiger partial charge in [0.05, 0.1) is 12.2 Å². The molecule has 0 aromatic heterocycles. The van der Waals surface area contributed by atoms with E-state index in [4.69, 9.17) is 9.47 Å². The number of ether oxygens (including phenoxy) is 2. The SMILES string of the molecule is COC(C)COc1cc(Br)ccc1[C@@H](C)O. The minimum absolute atomic E-state index is 0.0285. The van der Waals surface area contributed by atoms with Gasteiger partial charge in [0, 0.05) is 17.1 Å². The van der Waals surface area contributed by atoms with Gasteiger partial charge in [0.1, 0.15) is 12.4 Å². The third-order valence-electron chi connectivity index (χ3n) is 2.30. The van der Waals surface area contributed by atoms with Gasteiger partial charge in [0.15, 0.2) is 0 Å². The number of hydrogen-bond acceptors (Lipinski definition) is 3. The average molecular weight is 289 g/mol. The summed E-state index contributed by atoms with van der Waals surface area (Å²) in [6.45, 7) is 4.11. The Morgan fingerprint density at radius 2 is 2.06 bits per heavy atom. The van der Waals surface area contributed by atoms with Crippen LogP contribution in [0.3, 0.4) is 0 Å². The normalized spacial score (nSPS) is 14.6. The fourth-order valence-electron chi connectivity index (χ4n) is 1.25. The number of methoxy groups -OCH3 is 1. The average Bonchev–Trinajstić information content (AvgIpc) is 2.25. The molecule has 0 saturated heterocycles. The molecule has 1 N–H and O–H groups in total. The molecule has 0 aliphatic rings. The molecule has 0 spiro atoms. The third-order valence-corrected chi connectivity index (χ3v) is 2.79. The number of aliphatic hydroxyl groups is 1. The Morgan fingerprint density at radius 3 is 2.62 bits per heavy atom. The second-order valence-corrected chi connectivity index (χ2v) is 4.63. The first kappa shape index (κ1) is 13.5. The highest BCUT2D eigenvalue weighted by Crippen LogP contribution is 2.28. The Balaban J connectivity index is 2.80. The molecule has 0 aliphatic heterocycles. The summed E-state index contributed by atoms with van der Waals surface area (Å²) in [6, 6.07) is 5.58. The lowest BCUT2D eigenvalue weighted by atomic mass is 10.1. The summed E-state index contributed by atoms with van der Waals surface area (Å²) in [5, 5.41) is 9.59. The second-order valence-electron chi connectivity index (χ2n) is 3.72. The quantitative estimate of drug-likeness (QED) is 0.905. The maximum Gasteiger partial charge on any atom is 0.126 e. The predicted octanol–water partition coefficient (Wildman–Crippen LogP) is 2.92. The summed E-state index contributed by atoms with van der Waals surface area (Å²) in [7, 11) is 1.64. The Kier molecular flexibility index (Phi) is 5.25. The molecule has 1 aromatic rings. The first-order chi connectivity index (χ1) is 7.54. The number of hydrogen-bond donors (Lipinski definition) is 1. The van der Waals surface area contributed by atoms with E-state index in [-0.39, 0.29) is 6.10 Å². The van der Waals surface area contributed by atoms with Gasteiger partial charge in [-0.05, 0) is 26.0 Å². The molecule has 0 bridgehead atoms. The van der Waals surface area contributed by atoms with Gasteiger partial charge in [-0.3, -0.25) is 0 Å². The van der Waals surface area contributed by atoms with E-state index in [1.807, 2.05) is 25.1 Å². The van der Waals surface area contributed by atoms with Crippen molar-refractivity contribution in [3.8, 4) is 5.75 Å². The summed E-state index contributed by atoms with van der Waals surface area (Å²) in [5.74, 6) is 0.688. The van der Waals surface area contributed by atoms with Crippen molar-refractivity contribution >= 4 is 15.9 Å². The number of rotatable bonds is 5. The van der Waals surface area contributed by atoms with Crippen LogP contribution in [0.4, 0.5) is 0 Å². The van der Waals surface area contributed by atoms with Crippen LogP contribution in [0.2, 0.25) is 0 Å². The van der Waals surface area contributed by atoms with E-state index in [1.165, 1.54) is 0 Å². The zero-order valence-corrected chi connectivity index (χ0v) is 11.3. The highest BCUT2D eigenvalue weighted by atomic mass is 79.9. The molecule has 0 heterocycles. The molecule has 0 radical (unpaired) electrons. The molecule has 3 nitrogen and oxygen atoms in total. The van der Waals surface area contributed by atoms with Crippen LogP contribution < -0.4 is 4.74 Å². The van der Waals surface area contributed by atoms with Gasteiger partial charge in [0.25, 0.3) is 0 Å². The molecule has 1 unspecified atom stereocenters. The van der Waals surface area contributed by atoms with Crippen molar-refractivity contribution in [2.45, 2.75) is 26.1 Å². The standard InChI is InChI=1S/C12H17BrO3/c1-8(15-3)7-16-12-6-10(13)4-5-11(12)9(2)14/h4-6,8-9,14H,7H2,1-3H3/t8?,9-/m1/s1. The first-order valence-corrected chi connectivity index (χ1v) is 5.97. The zero-order valence-electron chi connectivity index (χ0n) is 9.74. The van der Waals surface area contributed by atoms with Crippen molar-refractivity contribution in [3.63, 3.8) is 0 Å². The van der Waals surface area contributed by atoms with Crippen LogP contribution in [-0.4, -0.2) is 24.9 Å². The highest BCUT2D eigenvalue weighted by molar-refractivity contribution is 9.10. The van der Waals surface area contributed by atoms with Gasteiger partial charge in [-0.25, -0.2) is 0 Å². The van der Waals surface area contributed by atoms with E-state index in [2.05, 4.69) is 15.9 Å². The van der Waals surface area contributed by atoms with Gasteiger partial charge in [-0.1, -0.05) is 22.0 Å². The zero-order chi connectivity index (χ0) is 12.1. The van der Waals surface area contributed by atoms with Crippen molar-refractivity contribution in [3.05, 3.63) is 28.2 Å². The van der Waals surface area contributed by atoms with Gasteiger partial charge >= 0.3 is 0 Å². The lowest BCUT2D eigenvalue weighted by Crippen LogP contribution is -2.16. The van der Waals surface area contributed by atoms with Crippen LogP contribution in [0, 0.1) is 0 Å². The number of benzene rings is 1. The summed E-state index contributed by atoms with van der Waals surface area (Å²) in [6.07, 6.45) is -0.512. The van der Waals surface area contributed by atoms with Crippen LogP contribution >= 0.6 is 15.9 Å². The van der Waals surface area contributed by atoms with Crippen molar-refractivity contribution in [1.82, 2.24) is 0 Å². The molecule has 1 rings (SSSR count). The van der Waals surface area contributed by atoms with Gasteiger partial charge in [-0.2, -0.15) is 0 Å². The van der Waals surface area contributed by atoms with E-state index in [0.29, 0.717) is 12.4 Å². The van der Waals surface area contributed by atoms with Crippen LogP contribution in [0.1, 0.15) is 25.5 Å². The van der Waals surface area contributed by atoms with Crippen LogP contribution in [-0.2, 0) is 4.74 Å². The number of halogens is 1. The minimum Gasteiger partial charge on any atom is -0.490 e. The molecule has 0 saturated carbocycles. The monoisotopic (exact) mass is 288 g/mol. The van der Waals surface area contributed by atoms with Crippen molar-refractivity contribution < 1.29 is 14.6 Å². The predicted molar refractivity (Wildman–Crippen MR) is 66.7 cm³/mol. The topological polar surface area (TPSA) is 38.7 Å². The molecule has 0 amide bonds. The minimum atomic E-state index is -0.541. The molecule has 0 fully saturated rings. The van der Waals surface area contributed by atoms with Crippen LogP contribution in [0.15, 0.2) is 22.7 Å². The van der Waals surface area contributed by atoms with Gasteiger partial charge in [0.2, 0.25) is 0 Å². The molecule has 1 aromatic carbocycles. The maximum absolute atomic E-state index is 9.59. The Hall–Kier alpha value is -0.580. The summed E-state index contributed by atoms with van der Waals surface area (Å²) < 4.78 is 11.6. The number of aliphatic hydroxyl groups excluding tert-OH is 1. The summed E-state index contributed by atoms with van der Waals surface area (Å²) in [4.78, 5) is 0. The molecule has 2 atom stereocenters. The molecule has 4 heteroatoms. The largest absolute Gasteiger partial charge is 0.490 e. The molecular weight excluding hydrogens is 272 g/mol. The maximum atomic E-state index is 9.59. The molecule has 0 aliphatic carbocycles. The van der Waals surface area contributed by atoms with E-state index < -0.39 is 6.10 Å². The van der Waals surface area contributed by atoms with E-state index in [9.17, 15) is 5.11 Å². The summed E-state index contributed by atoms with van der Waals surface area (Å²) >= 11 is 3.38. The Bertz CT molecular complexity index is 339. The van der Waals surface area contributed by atoms with Crippen molar-refractivity contribution in [2.75, 3.05) is 13.7 Å². The lowest BCUT2D eigenvalue weighted by Gasteiger charge is -2.16. The molecular formula is C12H17BrO3. The first-order valence-electron chi connectivity index (χ1n) is 5.17. The second kappa shape index (κ2) is 6.23. The van der Waals surface area contributed by atoms with Gasteiger partial charge < -0.3 is 14.6 Å². The van der Waals surface area contributed by atoms with E-state index in [1.54, 1.807) is 14.0 Å². The van der Waals surface area contributed by atoms with Crippen molar-refractivity contribution in [1.29, 1.82) is 0 Å². The van der Waals surface area contributed by atoms with Gasteiger partial charge in [-0.15, -0.1) is 0 Å². The van der Waals surface area contributed by atoms with Crippen LogP contribution in [0.5, 0.6) is 5.75 Å². The third kappa shape index (κ3) is 3.77. The smallest absolute Gasteiger partial charge is 0.126 e. The highest BCUT2D eigenvalue weighted by Gasteiger charge is 2.10. The van der Waals surface area contributed by atoms with E-state index in [0.717, 1.165) is 10.0 Å². The molecule has 90 valence electrons. The lowest BCUT2D eigenvalue weighted by molar-refractivity contribution is 0.0699. The van der Waals surface area contributed by atoms with Crippen LogP contribution in [0.25, 0.3) is 0 Å². The van der Waals surface area contributed by atoms with Crippen molar-refractivity contribution in [2.24, 2.45) is 0 Å². The fraction of sp³-hybridized carbons (Fsp3) is 0.500. The molecule has 16 heavy (non-hydrogen) atoms. The summed E-state index contributed by atoms with van der Waals surface area (Å²) in [5.41, 5.74) is 0.784. The Labute approximate surface area is 105 Å². The Morgan fingerprint density at radius 1 is 1.38 bits per heavy atom.